The van der Waals surface area contributed by atoms with Crippen LogP contribution in [0.5, 0.6) is 0 Å². The molecule has 0 saturated carbocycles. The number of nitrogens with zero attached hydrogens (tertiary/aromatic N) is 2. The Balaban J connectivity index is 1.56. The third kappa shape index (κ3) is 4.00. The van der Waals surface area contributed by atoms with E-state index in [1.807, 2.05) is 41.0 Å². The second-order valence-corrected chi connectivity index (χ2v) is 8.06. The largest absolute Gasteiger partial charge is 0.454 e. The number of hydrogen-bond acceptors (Lipinski definition) is 5. The van der Waals surface area contributed by atoms with Crippen molar-refractivity contribution < 1.29 is 14.7 Å². The summed E-state index contributed by atoms with van der Waals surface area (Å²) in [4.78, 5) is 15.0. The van der Waals surface area contributed by atoms with E-state index in [0.29, 0.717) is 17.1 Å². The van der Waals surface area contributed by atoms with Gasteiger partial charge in [0, 0.05) is 39.7 Å². The highest BCUT2D eigenvalue weighted by Crippen LogP contribution is 2.35. The molecule has 2 aromatic carbocycles. The van der Waals surface area contributed by atoms with E-state index in [0.717, 1.165) is 21.0 Å². The van der Waals surface area contributed by atoms with Crippen molar-refractivity contribution in [3.63, 3.8) is 0 Å². The number of hydrogen-bond donors (Lipinski definition) is 1. The van der Waals surface area contributed by atoms with E-state index >= 15 is 0 Å². The predicted molar refractivity (Wildman–Crippen MR) is 112 cm³/mol. The van der Waals surface area contributed by atoms with E-state index in [1.54, 1.807) is 12.1 Å². The van der Waals surface area contributed by atoms with Gasteiger partial charge < -0.3 is 4.42 Å². The molecule has 4 aromatic rings. The number of furan rings is 1. The van der Waals surface area contributed by atoms with Crippen molar-refractivity contribution in [2.75, 3.05) is 0 Å². The average Bonchev–Trinajstić information content (AvgIpc) is 3.33. The Morgan fingerprint density at radius 2 is 1.86 bits per heavy atom. The number of nitrogens with two attached hydrogens (primary N) is 1. The topological polar surface area (TPSA) is 85.8 Å². The van der Waals surface area contributed by atoms with Gasteiger partial charge in [-0.15, -0.1) is 0 Å². The summed E-state index contributed by atoms with van der Waals surface area (Å²) in [5.41, 5.74) is 2.31. The smallest absolute Gasteiger partial charge is 0.288 e. The fourth-order valence-corrected chi connectivity index (χ4v) is 3.90. The van der Waals surface area contributed by atoms with Crippen LogP contribution in [0.2, 0.25) is 5.02 Å². The highest BCUT2D eigenvalue weighted by atomic mass is 79.9. The van der Waals surface area contributed by atoms with Gasteiger partial charge in [-0.05, 0) is 30.3 Å². The molecule has 28 heavy (non-hydrogen) atoms. The molecule has 4 rings (SSSR count). The van der Waals surface area contributed by atoms with Crippen LogP contribution in [-0.2, 0) is 0 Å². The van der Waals surface area contributed by atoms with Crippen LogP contribution in [-0.4, -0.2) is 9.91 Å². The van der Waals surface area contributed by atoms with Crippen molar-refractivity contribution in [1.82, 2.24) is 4.98 Å². The number of rotatable bonds is 5. The van der Waals surface area contributed by atoms with Crippen molar-refractivity contribution in [2.45, 2.75) is 0 Å². The fraction of sp³-hybridized carbons (Fsp3) is 0. The molecule has 2 N–H and O–H groups in total. The fourth-order valence-electron chi connectivity index (χ4n) is 2.61. The summed E-state index contributed by atoms with van der Waals surface area (Å²) >= 11 is 11.1. The lowest BCUT2D eigenvalue weighted by Gasteiger charge is -2.00. The number of quaternary nitrogens is 1. The molecule has 0 bridgehead atoms. The monoisotopic (exact) mass is 476 g/mol. The third-order valence-electron chi connectivity index (χ3n) is 3.97. The van der Waals surface area contributed by atoms with Gasteiger partial charge in [0.25, 0.3) is 10.8 Å². The number of non-ortho nitro benzene ring substituents is 1. The van der Waals surface area contributed by atoms with Crippen LogP contribution in [0, 0.1) is 10.1 Å². The van der Waals surface area contributed by atoms with Gasteiger partial charge >= 0.3 is 0 Å². The first-order valence-corrected chi connectivity index (χ1v) is 10.1. The Morgan fingerprint density at radius 3 is 2.57 bits per heavy atom. The first-order chi connectivity index (χ1) is 13.5. The van der Waals surface area contributed by atoms with Gasteiger partial charge in [0.2, 0.25) is 0 Å². The van der Waals surface area contributed by atoms with Crippen LogP contribution in [0.3, 0.4) is 0 Å². The van der Waals surface area contributed by atoms with Crippen molar-refractivity contribution in [1.29, 1.82) is 0 Å². The van der Waals surface area contributed by atoms with Crippen LogP contribution in [0.25, 0.3) is 22.8 Å². The summed E-state index contributed by atoms with van der Waals surface area (Å²) in [7, 11) is 0. The molecule has 2 heterocycles. The number of benzene rings is 2. The number of thiazole rings is 1. The van der Waals surface area contributed by atoms with E-state index in [4.69, 9.17) is 16.0 Å². The Morgan fingerprint density at radius 1 is 1.11 bits per heavy atom. The zero-order chi connectivity index (χ0) is 19.7. The summed E-state index contributed by atoms with van der Waals surface area (Å²) in [6.07, 6.45) is 0. The SMILES string of the molecule is O=[N+]([O-])c1ccc(-c2ccc(-c3csc([NH2+]c4ccc(Br)cc4)n3)o2)c(Cl)c1. The minimum atomic E-state index is -0.484. The maximum Gasteiger partial charge on any atom is 0.288 e. The Bertz CT molecular complexity index is 1160. The first kappa shape index (κ1) is 18.8. The van der Waals surface area contributed by atoms with E-state index in [9.17, 15) is 10.1 Å². The highest BCUT2D eigenvalue weighted by molar-refractivity contribution is 9.10. The Labute approximate surface area is 177 Å². The van der Waals surface area contributed by atoms with Gasteiger partial charge in [-0.1, -0.05) is 38.9 Å². The van der Waals surface area contributed by atoms with Gasteiger partial charge in [-0.2, -0.15) is 4.98 Å². The summed E-state index contributed by atoms with van der Waals surface area (Å²) in [5, 5.41) is 15.9. The molecule has 0 amide bonds. The van der Waals surface area contributed by atoms with Gasteiger partial charge in [0.15, 0.2) is 5.76 Å². The molecule has 0 atom stereocenters. The van der Waals surface area contributed by atoms with Crippen LogP contribution in [0.15, 0.2) is 68.9 Å². The molecule has 140 valence electrons. The number of halogens is 2. The zero-order valence-electron chi connectivity index (χ0n) is 14.1. The molecule has 0 saturated heterocycles. The summed E-state index contributed by atoms with van der Waals surface area (Å²) < 4.78 is 6.91. The average molecular weight is 478 g/mol. The molecule has 0 aliphatic heterocycles. The normalized spacial score (nSPS) is 10.9. The van der Waals surface area contributed by atoms with Crippen LogP contribution in [0.4, 0.5) is 16.5 Å². The summed E-state index contributed by atoms with van der Waals surface area (Å²) in [6.45, 7) is 0. The van der Waals surface area contributed by atoms with Crippen molar-refractivity contribution >= 4 is 55.4 Å². The van der Waals surface area contributed by atoms with Crippen molar-refractivity contribution in [3.05, 3.63) is 79.6 Å². The predicted octanol–water partition coefficient (Wildman–Crippen LogP) is 5.92. The number of nitro benzene ring substituents is 1. The van der Waals surface area contributed by atoms with Gasteiger partial charge in [-0.25, -0.2) is 0 Å². The Kier molecular flexibility index (Phi) is 5.27. The van der Waals surface area contributed by atoms with Crippen LogP contribution < -0.4 is 5.32 Å². The standard InChI is InChI=1S/C19H11BrClN3O3S/c20-11-1-3-12(4-2-11)22-19-23-16(10-28-19)18-8-7-17(27-18)14-6-5-13(24(25)26)9-15(14)21/h1-10H,(H,22,23)/p+1. The molecule has 9 heteroatoms. The minimum Gasteiger partial charge on any atom is -0.454 e. The Hall–Kier alpha value is -2.52. The maximum atomic E-state index is 10.9. The molecule has 0 unspecified atom stereocenters. The molecule has 0 spiro atoms. The lowest BCUT2D eigenvalue weighted by molar-refractivity contribution is -0.478. The molecule has 0 aliphatic rings. The number of nitro groups is 1. The molecule has 0 radical (unpaired) electrons. The second-order valence-electron chi connectivity index (χ2n) is 5.85. The second kappa shape index (κ2) is 7.84. The quantitative estimate of drug-likeness (QED) is 0.220. The van der Waals surface area contributed by atoms with Crippen molar-refractivity contribution in [2.24, 2.45) is 0 Å². The van der Waals surface area contributed by atoms with E-state index < -0.39 is 4.92 Å². The van der Waals surface area contributed by atoms with Gasteiger partial charge in [0.1, 0.15) is 17.1 Å². The molecule has 2 aromatic heterocycles. The first-order valence-electron chi connectivity index (χ1n) is 8.10. The lowest BCUT2D eigenvalue weighted by Crippen LogP contribution is -2.70. The van der Waals surface area contributed by atoms with E-state index in [1.165, 1.54) is 23.5 Å². The van der Waals surface area contributed by atoms with Crippen LogP contribution >= 0.6 is 38.9 Å². The minimum absolute atomic E-state index is 0.0619. The molecular formula is C19H12BrClN3O3S+. The molecule has 0 aliphatic carbocycles. The van der Waals surface area contributed by atoms with Gasteiger partial charge in [0.05, 0.1) is 9.95 Å². The van der Waals surface area contributed by atoms with E-state index in [-0.39, 0.29) is 10.7 Å². The summed E-state index contributed by atoms with van der Waals surface area (Å²) in [6, 6.07) is 15.9. The maximum absolute atomic E-state index is 10.9. The van der Waals surface area contributed by atoms with Crippen molar-refractivity contribution in [3.8, 4) is 22.8 Å². The van der Waals surface area contributed by atoms with E-state index in [2.05, 4.69) is 20.9 Å². The third-order valence-corrected chi connectivity index (χ3v) is 5.60. The molecule has 0 fully saturated rings. The lowest BCUT2D eigenvalue weighted by atomic mass is 10.1. The van der Waals surface area contributed by atoms with Crippen LogP contribution in [0.1, 0.15) is 0 Å². The number of aromatic nitrogens is 1. The molecular weight excluding hydrogens is 466 g/mol. The zero-order valence-corrected chi connectivity index (χ0v) is 17.3. The highest BCUT2D eigenvalue weighted by Gasteiger charge is 2.16. The summed E-state index contributed by atoms with van der Waals surface area (Å²) in [5.74, 6) is 1.14. The molecule has 6 nitrogen and oxygen atoms in total. The van der Waals surface area contributed by atoms with Gasteiger partial charge in [-0.3, -0.25) is 15.4 Å².